The zero-order valence-electron chi connectivity index (χ0n) is 21.4. The zero-order chi connectivity index (χ0) is 29.0. The highest BCUT2D eigenvalue weighted by atomic mass is 79.9. The van der Waals surface area contributed by atoms with E-state index in [2.05, 4.69) is 62.4 Å². The molecule has 0 radical (unpaired) electrons. The Labute approximate surface area is 245 Å². The molecule has 0 saturated carbocycles. The third-order valence-electron chi connectivity index (χ3n) is 5.84. The fourth-order valence-corrected chi connectivity index (χ4v) is 4.62. The second-order valence-corrected chi connectivity index (χ2v) is 11.2. The van der Waals surface area contributed by atoms with Crippen molar-refractivity contribution in [3.05, 3.63) is 79.4 Å². The molecule has 15 heteroatoms. The van der Waals surface area contributed by atoms with Crippen LogP contribution in [0.2, 0.25) is 0 Å². The number of halogens is 2. The van der Waals surface area contributed by atoms with E-state index >= 15 is 0 Å². The highest BCUT2D eigenvalue weighted by Crippen LogP contribution is 2.29. The number of nitrogens with two attached hydrogens (primary N) is 1. The van der Waals surface area contributed by atoms with Crippen molar-refractivity contribution >= 4 is 77.6 Å². The van der Waals surface area contributed by atoms with E-state index < -0.39 is 16.7 Å². The quantitative estimate of drug-likeness (QED) is 0.126. The summed E-state index contributed by atoms with van der Waals surface area (Å²) in [7, 11) is 3.69. The smallest absolute Gasteiger partial charge is 0.363 e. The number of aromatic nitrogens is 3. The molecule has 2 aromatic heterocycles. The van der Waals surface area contributed by atoms with Crippen molar-refractivity contribution in [1.82, 2.24) is 15.0 Å². The van der Waals surface area contributed by atoms with E-state index in [0.717, 1.165) is 14.6 Å². The molecule has 3 heterocycles. The summed E-state index contributed by atoms with van der Waals surface area (Å²) in [6.07, 6.45) is 6.04. The molecule has 206 valence electrons. The summed E-state index contributed by atoms with van der Waals surface area (Å²) in [6.45, 7) is 0.628. The normalized spacial score (nSPS) is 13.6. The van der Waals surface area contributed by atoms with Crippen LogP contribution in [0.25, 0.3) is 10.9 Å². The Kier molecular flexibility index (Phi) is 8.66. The van der Waals surface area contributed by atoms with Gasteiger partial charge in [0.1, 0.15) is 24.5 Å². The van der Waals surface area contributed by atoms with Gasteiger partial charge in [0, 0.05) is 26.1 Å². The van der Waals surface area contributed by atoms with Crippen molar-refractivity contribution in [2.24, 2.45) is 10.7 Å². The summed E-state index contributed by atoms with van der Waals surface area (Å²) >= 11 is 6.93. The number of rotatable bonds is 10. The van der Waals surface area contributed by atoms with Gasteiger partial charge in [-0.1, -0.05) is 0 Å². The van der Waals surface area contributed by atoms with Crippen LogP contribution in [0.1, 0.15) is 6.42 Å². The van der Waals surface area contributed by atoms with Gasteiger partial charge in [0.15, 0.2) is 0 Å². The van der Waals surface area contributed by atoms with Crippen molar-refractivity contribution in [1.29, 1.82) is 0 Å². The Hall–Kier alpha value is -4.08. The van der Waals surface area contributed by atoms with Crippen LogP contribution >= 0.6 is 31.9 Å². The van der Waals surface area contributed by atoms with Crippen LogP contribution < -0.4 is 16.4 Å². The van der Waals surface area contributed by atoms with Crippen molar-refractivity contribution in [3.63, 3.8) is 0 Å². The molecule has 3 aromatic rings. The van der Waals surface area contributed by atoms with Gasteiger partial charge in [-0.15, -0.1) is 0 Å². The second kappa shape index (κ2) is 12.0. The molecule has 13 nitrogen and oxygen atoms in total. The van der Waals surface area contributed by atoms with Gasteiger partial charge in [-0.25, -0.2) is 15.0 Å². The van der Waals surface area contributed by atoms with Gasteiger partial charge < -0.3 is 31.0 Å². The van der Waals surface area contributed by atoms with Crippen molar-refractivity contribution in [2.45, 2.75) is 6.42 Å². The van der Waals surface area contributed by atoms with Gasteiger partial charge in [0.05, 0.1) is 44.3 Å². The van der Waals surface area contributed by atoms with Crippen LogP contribution in [-0.2, 0) is 9.59 Å². The molecule has 1 aliphatic heterocycles. The lowest BCUT2D eigenvalue weighted by atomic mass is 10.1. The summed E-state index contributed by atoms with van der Waals surface area (Å²) in [5, 5.41) is 18.0. The first-order chi connectivity index (χ1) is 18.9. The minimum atomic E-state index is -0.783. The number of pyridine rings is 1. The van der Waals surface area contributed by atoms with Gasteiger partial charge in [-0.05, 0) is 72.1 Å². The number of benzene rings is 1. The molecule has 40 heavy (non-hydrogen) atoms. The number of primary amides is 1. The molecule has 0 atom stereocenters. The van der Waals surface area contributed by atoms with Crippen molar-refractivity contribution in [3.8, 4) is 0 Å². The number of nitrogens with zero attached hydrogens (tertiary/aromatic N) is 6. The van der Waals surface area contributed by atoms with Crippen LogP contribution in [-0.4, -0.2) is 69.1 Å². The molecular weight excluding hydrogens is 650 g/mol. The molecule has 2 amide bonds. The minimum absolute atomic E-state index is 0.0326. The molecule has 0 saturated heterocycles. The molecule has 4 N–H and O–H groups in total. The molecule has 1 aliphatic rings. The molecule has 1 aromatic carbocycles. The predicted octanol–water partition coefficient (Wildman–Crippen LogP) is 3.68. The fourth-order valence-electron chi connectivity index (χ4n) is 4.00. The maximum absolute atomic E-state index is 12.6. The number of hydrogen-bond acceptors (Lipinski definition) is 9. The summed E-state index contributed by atoms with van der Waals surface area (Å²) in [5.41, 5.74) is 7.02. The molecule has 0 aliphatic carbocycles. The lowest BCUT2D eigenvalue weighted by molar-refractivity contribution is -0.880. The standard InChI is InChI=1S/C25H23Br2N9O4/c1-36(2,12-14-8-19(23(28)38)33-25(14)35(39)40)7-3-4-22(37)34-21-10-16-20(11-29-21)30-13-31-24(16)32-15-5-6-17(26)18(27)9-15/h3-6,9-11,13H,7-8,12H2,1-2H3,(H3-,28,29,30,31,32,33,34,37,38)/p+1/b4-3+. The van der Waals surface area contributed by atoms with Crippen LogP contribution in [0, 0.1) is 10.1 Å². The highest BCUT2D eigenvalue weighted by Gasteiger charge is 2.35. The number of nitrogens with one attached hydrogen (secondary N) is 2. The number of carbonyl (C=O) groups excluding carboxylic acids is 2. The number of amides is 2. The second-order valence-electron chi connectivity index (χ2n) is 9.51. The fraction of sp³-hybridized carbons (Fsp3) is 0.200. The summed E-state index contributed by atoms with van der Waals surface area (Å²) < 4.78 is 2.07. The number of anilines is 3. The minimum Gasteiger partial charge on any atom is -0.363 e. The number of quaternary nitrogens is 1. The number of hydrogen-bond donors (Lipinski definition) is 3. The zero-order valence-corrected chi connectivity index (χ0v) is 24.6. The molecule has 0 spiro atoms. The first kappa shape index (κ1) is 28.9. The van der Waals surface area contributed by atoms with E-state index in [1.165, 1.54) is 12.4 Å². The Bertz CT molecular complexity index is 1620. The molecular formula is C25H24Br2N9O4+. The maximum atomic E-state index is 12.6. The summed E-state index contributed by atoms with van der Waals surface area (Å²) in [4.78, 5) is 51.4. The van der Waals surface area contributed by atoms with E-state index in [1.807, 2.05) is 32.3 Å². The number of fused-ring (bicyclic) bond motifs is 1. The third kappa shape index (κ3) is 7.11. The van der Waals surface area contributed by atoms with Gasteiger partial charge in [0.25, 0.3) is 5.91 Å². The van der Waals surface area contributed by atoms with Gasteiger partial charge >= 0.3 is 5.82 Å². The third-order valence-corrected chi connectivity index (χ3v) is 7.72. The number of nitro groups is 1. The highest BCUT2D eigenvalue weighted by molar-refractivity contribution is 9.13. The largest absolute Gasteiger partial charge is 0.369 e. The topological polar surface area (TPSA) is 178 Å². The van der Waals surface area contributed by atoms with E-state index in [9.17, 15) is 19.7 Å². The van der Waals surface area contributed by atoms with Crippen LogP contribution in [0.15, 0.2) is 74.3 Å². The predicted molar refractivity (Wildman–Crippen MR) is 157 cm³/mol. The van der Waals surface area contributed by atoms with Crippen LogP contribution in [0.4, 0.5) is 17.3 Å². The lowest BCUT2D eigenvalue weighted by Gasteiger charge is -2.28. The van der Waals surface area contributed by atoms with Gasteiger partial charge in [-0.3, -0.25) is 9.59 Å². The van der Waals surface area contributed by atoms with E-state index in [4.69, 9.17) is 5.73 Å². The average molecular weight is 674 g/mol. The van der Waals surface area contributed by atoms with E-state index in [1.54, 1.807) is 18.3 Å². The SMILES string of the molecule is C[N+](C)(C/C=C/C(=O)Nc1cc2c(Nc3ccc(Br)c(Br)c3)ncnc2cn1)CC1=C([N+](=O)[O-])N=C(C(N)=O)C1. The number of aliphatic imine (C=N–C) groups is 1. The maximum Gasteiger partial charge on any atom is 0.369 e. The van der Waals surface area contributed by atoms with Crippen LogP contribution in [0.5, 0.6) is 0 Å². The molecule has 0 fully saturated rings. The first-order valence-corrected chi connectivity index (χ1v) is 13.4. The number of carbonyl (C=O) groups is 2. The monoisotopic (exact) mass is 672 g/mol. The van der Waals surface area contributed by atoms with Crippen molar-refractivity contribution < 1.29 is 19.0 Å². The van der Waals surface area contributed by atoms with Gasteiger partial charge in [0.2, 0.25) is 11.6 Å². The lowest BCUT2D eigenvalue weighted by Crippen LogP contribution is -2.41. The Morgan fingerprint density at radius 1 is 1.18 bits per heavy atom. The average Bonchev–Trinajstić information content (AvgIpc) is 3.30. The Morgan fingerprint density at radius 3 is 2.65 bits per heavy atom. The molecule has 0 unspecified atom stereocenters. The van der Waals surface area contributed by atoms with Gasteiger partial charge in [-0.2, -0.15) is 0 Å². The number of likely N-dealkylation sites (N-methyl/N-ethyl adjacent to an activating group) is 1. The first-order valence-electron chi connectivity index (χ1n) is 11.8. The van der Waals surface area contributed by atoms with E-state index in [-0.39, 0.29) is 29.0 Å². The molecule has 4 rings (SSSR count). The molecule has 0 bridgehead atoms. The summed E-state index contributed by atoms with van der Waals surface area (Å²) in [6, 6.07) is 7.37. The van der Waals surface area contributed by atoms with E-state index in [0.29, 0.717) is 34.7 Å². The Morgan fingerprint density at radius 2 is 1.95 bits per heavy atom. The summed E-state index contributed by atoms with van der Waals surface area (Å²) in [5.74, 6) is -0.677. The Balaban J connectivity index is 1.41. The van der Waals surface area contributed by atoms with Crippen molar-refractivity contribution in [2.75, 3.05) is 37.8 Å². The van der Waals surface area contributed by atoms with Crippen LogP contribution in [0.3, 0.4) is 0 Å².